The molecule has 0 aromatic carbocycles. The van der Waals surface area contributed by atoms with Crippen molar-refractivity contribution in [3.05, 3.63) is 17.0 Å². The van der Waals surface area contributed by atoms with E-state index in [0.717, 1.165) is 10.6 Å². The minimum absolute atomic E-state index is 0.0205. The van der Waals surface area contributed by atoms with Gasteiger partial charge in [-0.2, -0.15) is 16.1 Å². The quantitative estimate of drug-likeness (QED) is 0.919. The van der Waals surface area contributed by atoms with Crippen molar-refractivity contribution in [1.82, 2.24) is 4.31 Å². The third-order valence-electron chi connectivity index (χ3n) is 3.38. The molecule has 1 N–H and O–H groups in total. The molecule has 0 bridgehead atoms. The second kappa shape index (κ2) is 6.13. The monoisotopic (exact) mass is 321 g/mol. The van der Waals surface area contributed by atoms with Gasteiger partial charge in [0.1, 0.15) is 4.21 Å². The highest BCUT2D eigenvalue weighted by atomic mass is 32.2. The van der Waals surface area contributed by atoms with Crippen molar-refractivity contribution < 1.29 is 13.5 Å². The number of rotatable bonds is 4. The molecule has 2 unspecified atom stereocenters. The van der Waals surface area contributed by atoms with Crippen LogP contribution in [0.2, 0.25) is 0 Å². The molecule has 1 aromatic rings. The fourth-order valence-corrected chi connectivity index (χ4v) is 6.57. The van der Waals surface area contributed by atoms with Crippen LogP contribution in [0.3, 0.4) is 0 Å². The third-order valence-corrected chi connectivity index (χ3v) is 8.32. The van der Waals surface area contributed by atoms with Gasteiger partial charge < -0.3 is 5.11 Å². The number of thiophene rings is 1. The predicted molar refractivity (Wildman–Crippen MR) is 80.4 cm³/mol. The van der Waals surface area contributed by atoms with Crippen molar-refractivity contribution >= 4 is 33.1 Å². The van der Waals surface area contributed by atoms with Crippen LogP contribution >= 0.6 is 23.1 Å². The molecule has 1 aromatic heterocycles. The maximum atomic E-state index is 12.6. The van der Waals surface area contributed by atoms with Gasteiger partial charge in [0, 0.05) is 41.5 Å². The lowest BCUT2D eigenvalue weighted by atomic mass is 10.2. The van der Waals surface area contributed by atoms with Crippen LogP contribution in [0.25, 0.3) is 0 Å². The second-order valence-electron chi connectivity index (χ2n) is 4.63. The average molecular weight is 321 g/mol. The summed E-state index contributed by atoms with van der Waals surface area (Å²) in [6, 6.07) is 3.47. The zero-order chi connectivity index (χ0) is 14.0. The summed E-state index contributed by atoms with van der Waals surface area (Å²) >= 11 is 3.08. The highest BCUT2D eigenvalue weighted by molar-refractivity contribution is 8.00. The van der Waals surface area contributed by atoms with Gasteiger partial charge in [0.05, 0.1) is 0 Å². The van der Waals surface area contributed by atoms with E-state index in [1.54, 1.807) is 16.4 Å². The molecule has 1 fully saturated rings. The Morgan fingerprint density at radius 1 is 1.42 bits per heavy atom. The van der Waals surface area contributed by atoms with E-state index in [-0.39, 0.29) is 12.6 Å². The van der Waals surface area contributed by atoms with E-state index in [1.807, 2.05) is 18.7 Å². The van der Waals surface area contributed by atoms with E-state index in [4.69, 9.17) is 5.11 Å². The van der Waals surface area contributed by atoms with Crippen LogP contribution in [0.4, 0.5) is 0 Å². The number of hydrogen-bond donors (Lipinski definition) is 1. The molecule has 0 spiro atoms. The molecule has 1 aliphatic heterocycles. The van der Waals surface area contributed by atoms with E-state index < -0.39 is 10.0 Å². The first-order chi connectivity index (χ1) is 8.96. The highest BCUT2D eigenvalue weighted by Crippen LogP contribution is 2.32. The standard InChI is InChI=1S/C12H19NO3S3/c1-9-10(2)17-8-6-13(9)19(15,16)12-4-3-11(18-12)5-7-14/h3-4,9-10,14H,5-8H2,1-2H3. The molecule has 4 nitrogen and oxygen atoms in total. The number of thioether (sulfide) groups is 1. The summed E-state index contributed by atoms with van der Waals surface area (Å²) in [5.74, 6) is 0.847. The summed E-state index contributed by atoms with van der Waals surface area (Å²) < 4.78 is 27.3. The molecular weight excluding hydrogens is 302 g/mol. The minimum Gasteiger partial charge on any atom is -0.396 e. The largest absolute Gasteiger partial charge is 0.396 e. The van der Waals surface area contributed by atoms with E-state index in [1.165, 1.54) is 11.3 Å². The molecule has 2 rings (SSSR count). The lowest BCUT2D eigenvalue weighted by Crippen LogP contribution is -2.47. The number of aliphatic hydroxyl groups excluding tert-OH is 1. The summed E-state index contributed by atoms with van der Waals surface area (Å²) in [5, 5.41) is 9.22. The first-order valence-electron chi connectivity index (χ1n) is 6.30. The maximum absolute atomic E-state index is 12.6. The van der Waals surface area contributed by atoms with Crippen molar-refractivity contribution in [2.24, 2.45) is 0 Å². The highest BCUT2D eigenvalue weighted by Gasteiger charge is 2.35. The summed E-state index contributed by atoms with van der Waals surface area (Å²) in [5.41, 5.74) is 0. The zero-order valence-electron chi connectivity index (χ0n) is 11.1. The molecule has 7 heteroatoms. The summed E-state index contributed by atoms with van der Waals surface area (Å²) in [7, 11) is -3.38. The molecule has 0 radical (unpaired) electrons. The molecule has 19 heavy (non-hydrogen) atoms. The molecule has 2 atom stereocenters. The number of sulfonamides is 1. The Bertz CT molecular complexity index is 526. The van der Waals surface area contributed by atoms with Gasteiger partial charge in [0.25, 0.3) is 10.0 Å². The van der Waals surface area contributed by atoms with Gasteiger partial charge in [0.2, 0.25) is 0 Å². The van der Waals surface area contributed by atoms with Crippen LogP contribution in [0, 0.1) is 0 Å². The predicted octanol–water partition coefficient (Wildman–Crippen LogP) is 1.80. The second-order valence-corrected chi connectivity index (χ2v) is 9.40. The molecule has 1 saturated heterocycles. The van der Waals surface area contributed by atoms with Crippen LogP contribution in [0.5, 0.6) is 0 Å². The molecule has 1 aliphatic rings. The van der Waals surface area contributed by atoms with Crippen molar-refractivity contribution in [1.29, 1.82) is 0 Å². The van der Waals surface area contributed by atoms with Gasteiger partial charge in [-0.25, -0.2) is 8.42 Å². The van der Waals surface area contributed by atoms with Crippen molar-refractivity contribution in [3.63, 3.8) is 0 Å². The Morgan fingerprint density at radius 3 is 2.84 bits per heavy atom. The van der Waals surface area contributed by atoms with Crippen LogP contribution in [0.15, 0.2) is 16.3 Å². The van der Waals surface area contributed by atoms with Crippen molar-refractivity contribution in [2.75, 3.05) is 18.9 Å². The van der Waals surface area contributed by atoms with Crippen molar-refractivity contribution in [2.45, 2.75) is 35.8 Å². The first-order valence-corrected chi connectivity index (χ1v) is 9.60. The maximum Gasteiger partial charge on any atom is 0.252 e. The Balaban J connectivity index is 2.25. The summed E-state index contributed by atoms with van der Waals surface area (Å²) in [6.07, 6.45) is 0.516. The topological polar surface area (TPSA) is 57.6 Å². The number of nitrogens with zero attached hydrogens (tertiary/aromatic N) is 1. The van der Waals surface area contributed by atoms with Crippen LogP contribution in [-0.2, 0) is 16.4 Å². The fraction of sp³-hybridized carbons (Fsp3) is 0.667. The van der Waals surface area contributed by atoms with E-state index in [9.17, 15) is 8.42 Å². The lowest BCUT2D eigenvalue weighted by Gasteiger charge is -2.35. The van der Waals surface area contributed by atoms with Crippen molar-refractivity contribution in [3.8, 4) is 0 Å². The molecule has 2 heterocycles. The van der Waals surface area contributed by atoms with E-state index in [2.05, 4.69) is 6.92 Å². The lowest BCUT2D eigenvalue weighted by molar-refractivity contribution is 0.300. The molecule has 108 valence electrons. The van der Waals surface area contributed by atoms with Gasteiger partial charge in [-0.1, -0.05) is 6.92 Å². The number of aliphatic hydroxyl groups is 1. The van der Waals surface area contributed by atoms with Crippen LogP contribution in [0.1, 0.15) is 18.7 Å². The smallest absolute Gasteiger partial charge is 0.252 e. The summed E-state index contributed by atoms with van der Waals surface area (Å²) in [6.45, 7) is 4.67. The SMILES string of the molecule is CC1SCCN(S(=O)(=O)c2ccc(CCO)s2)C1C. The van der Waals surface area contributed by atoms with Gasteiger partial charge in [-0.15, -0.1) is 11.3 Å². The normalized spacial score (nSPS) is 25.6. The van der Waals surface area contributed by atoms with E-state index >= 15 is 0 Å². The zero-order valence-corrected chi connectivity index (χ0v) is 13.5. The van der Waals surface area contributed by atoms with Gasteiger partial charge in [-0.05, 0) is 19.1 Å². The molecular formula is C12H19NO3S3. The molecule has 0 saturated carbocycles. The van der Waals surface area contributed by atoms with Gasteiger partial charge >= 0.3 is 0 Å². The Hall–Kier alpha value is -0.0800. The van der Waals surface area contributed by atoms with Gasteiger partial charge in [0.15, 0.2) is 0 Å². The van der Waals surface area contributed by atoms with Crippen LogP contribution in [-0.4, -0.2) is 48.0 Å². The van der Waals surface area contributed by atoms with Gasteiger partial charge in [-0.3, -0.25) is 0 Å². The van der Waals surface area contributed by atoms with Crippen LogP contribution < -0.4 is 0 Å². The fourth-order valence-electron chi connectivity index (χ4n) is 2.10. The Labute approximate surface area is 122 Å². The minimum atomic E-state index is -3.38. The Morgan fingerprint density at radius 2 is 2.16 bits per heavy atom. The first kappa shape index (κ1) is 15.3. The number of hydrogen-bond acceptors (Lipinski definition) is 5. The van der Waals surface area contributed by atoms with E-state index in [0.29, 0.717) is 22.4 Å². The third kappa shape index (κ3) is 3.16. The average Bonchev–Trinajstić information content (AvgIpc) is 2.82. The molecule has 0 amide bonds. The molecule has 0 aliphatic carbocycles. The summed E-state index contributed by atoms with van der Waals surface area (Å²) in [4.78, 5) is 0.910. The Kier molecular flexibility index (Phi) is 4.94.